The summed E-state index contributed by atoms with van der Waals surface area (Å²) in [6.07, 6.45) is 2.54. The van der Waals surface area contributed by atoms with Gasteiger partial charge in [-0.25, -0.2) is 0 Å². The zero-order valence-corrected chi connectivity index (χ0v) is 16.5. The van der Waals surface area contributed by atoms with Gasteiger partial charge in [-0.2, -0.15) is 0 Å². The van der Waals surface area contributed by atoms with Gasteiger partial charge in [-0.3, -0.25) is 14.9 Å². The molecule has 2 aliphatic rings. The van der Waals surface area contributed by atoms with Crippen molar-refractivity contribution in [3.63, 3.8) is 0 Å². The molecule has 0 unspecified atom stereocenters. The van der Waals surface area contributed by atoms with E-state index in [0.717, 1.165) is 29.8 Å². The summed E-state index contributed by atoms with van der Waals surface area (Å²) in [6.45, 7) is 2.24. The lowest BCUT2D eigenvalue weighted by atomic mass is 9.88. The van der Waals surface area contributed by atoms with Crippen molar-refractivity contribution in [2.75, 3.05) is 5.32 Å². The van der Waals surface area contributed by atoms with Crippen LogP contribution in [0.1, 0.15) is 46.1 Å². The molecule has 148 valence electrons. The van der Waals surface area contributed by atoms with Gasteiger partial charge in [0.25, 0.3) is 11.6 Å². The molecule has 0 radical (unpaired) electrons. The lowest BCUT2D eigenvalue weighted by Crippen LogP contribution is -2.38. The number of hydrogen-bond donors (Lipinski definition) is 2. The van der Waals surface area contributed by atoms with E-state index in [1.54, 1.807) is 41.7 Å². The maximum absolute atomic E-state index is 12.8. The number of benzene rings is 1. The largest absolute Gasteiger partial charge is 0.457 e. The predicted octanol–water partition coefficient (Wildman–Crippen LogP) is 4.90. The van der Waals surface area contributed by atoms with Crippen LogP contribution < -0.4 is 10.6 Å². The highest BCUT2D eigenvalue weighted by molar-refractivity contribution is 7.16. The SMILES string of the molecule is C[C@H]1CCc2c(sc3c2C(=O)N[C@@H](c2ccc(-c4ccccc4[N+](=O)[O-])o2)N3)C1. The van der Waals surface area contributed by atoms with Crippen molar-refractivity contribution in [3.05, 3.63) is 68.3 Å². The van der Waals surface area contributed by atoms with Gasteiger partial charge >= 0.3 is 0 Å². The highest BCUT2D eigenvalue weighted by Gasteiger charge is 2.34. The van der Waals surface area contributed by atoms with Crippen LogP contribution in [0.5, 0.6) is 0 Å². The van der Waals surface area contributed by atoms with Crippen LogP contribution in [0, 0.1) is 16.0 Å². The highest BCUT2D eigenvalue weighted by Crippen LogP contribution is 2.43. The summed E-state index contributed by atoms with van der Waals surface area (Å²) in [4.78, 5) is 25.0. The molecule has 0 saturated heterocycles. The highest BCUT2D eigenvalue weighted by atomic mass is 32.1. The van der Waals surface area contributed by atoms with Crippen molar-refractivity contribution in [2.24, 2.45) is 5.92 Å². The lowest BCUT2D eigenvalue weighted by molar-refractivity contribution is -0.384. The summed E-state index contributed by atoms with van der Waals surface area (Å²) in [5, 5.41) is 18.5. The first-order valence-corrected chi connectivity index (χ1v) is 10.4. The van der Waals surface area contributed by atoms with Gasteiger partial charge in [-0.05, 0) is 48.9 Å². The second kappa shape index (κ2) is 6.73. The lowest BCUT2D eigenvalue weighted by Gasteiger charge is -2.25. The third-order valence-corrected chi connectivity index (χ3v) is 6.75. The van der Waals surface area contributed by atoms with Crippen LogP contribution in [-0.2, 0) is 12.8 Å². The fourth-order valence-corrected chi connectivity index (χ4v) is 5.54. The number of para-hydroxylation sites is 1. The molecule has 8 heteroatoms. The van der Waals surface area contributed by atoms with Crippen LogP contribution in [0.2, 0.25) is 0 Å². The monoisotopic (exact) mass is 409 g/mol. The third kappa shape index (κ3) is 3.00. The molecular weight excluding hydrogens is 390 g/mol. The summed E-state index contributed by atoms with van der Waals surface area (Å²) in [5.41, 5.74) is 2.33. The number of thiophene rings is 1. The first-order chi connectivity index (χ1) is 14.0. The Bertz CT molecular complexity index is 1130. The molecular formula is C21H19N3O4S. The predicted molar refractivity (Wildman–Crippen MR) is 110 cm³/mol. The van der Waals surface area contributed by atoms with E-state index in [1.165, 1.54) is 16.5 Å². The van der Waals surface area contributed by atoms with E-state index in [9.17, 15) is 14.9 Å². The minimum Gasteiger partial charge on any atom is -0.457 e. The van der Waals surface area contributed by atoms with Crippen LogP contribution in [0.25, 0.3) is 11.3 Å². The normalized spacial score (nSPS) is 20.4. The van der Waals surface area contributed by atoms with Crippen molar-refractivity contribution >= 4 is 27.9 Å². The van der Waals surface area contributed by atoms with Gasteiger partial charge in [0.15, 0.2) is 6.17 Å². The standard InChI is InChI=1S/C21H19N3O4S/c1-11-6-7-13-17(10-11)29-21-18(13)20(25)22-19(23-21)16-9-8-15(28-16)12-4-2-3-5-14(12)24(26)27/h2-5,8-9,11,19,23H,6-7,10H2,1H3,(H,22,25)/t11-,19+/m0/s1. The Morgan fingerprint density at radius 1 is 1.21 bits per heavy atom. The van der Waals surface area contributed by atoms with Gasteiger partial charge in [0, 0.05) is 10.9 Å². The fraction of sp³-hybridized carbons (Fsp3) is 0.286. The molecule has 0 saturated carbocycles. The van der Waals surface area contributed by atoms with Gasteiger partial charge in [-0.15, -0.1) is 11.3 Å². The van der Waals surface area contributed by atoms with Crippen LogP contribution in [-0.4, -0.2) is 10.8 Å². The molecule has 3 heterocycles. The summed E-state index contributed by atoms with van der Waals surface area (Å²) >= 11 is 1.65. The smallest absolute Gasteiger partial charge is 0.280 e. The Morgan fingerprint density at radius 2 is 2.03 bits per heavy atom. The van der Waals surface area contributed by atoms with E-state index in [1.807, 2.05) is 0 Å². The molecule has 3 aromatic rings. The number of anilines is 1. The number of nitrogens with one attached hydrogen (secondary N) is 2. The maximum atomic E-state index is 12.8. The molecule has 5 rings (SSSR count). The number of amides is 1. The average molecular weight is 409 g/mol. The van der Waals surface area contributed by atoms with Gasteiger partial charge in [0.1, 0.15) is 16.5 Å². The second-order valence-electron chi connectivity index (χ2n) is 7.58. The first-order valence-electron chi connectivity index (χ1n) is 9.56. The number of rotatable bonds is 3. The number of nitro benzene ring substituents is 1. The molecule has 2 aromatic heterocycles. The Hall–Kier alpha value is -3.13. The molecule has 2 N–H and O–H groups in total. The molecule has 1 aliphatic heterocycles. The number of nitrogens with zero attached hydrogens (tertiary/aromatic N) is 1. The number of fused-ring (bicyclic) bond motifs is 3. The third-order valence-electron chi connectivity index (χ3n) is 5.57. The van der Waals surface area contributed by atoms with E-state index in [-0.39, 0.29) is 11.6 Å². The molecule has 1 aromatic carbocycles. The quantitative estimate of drug-likeness (QED) is 0.474. The molecule has 0 spiro atoms. The zero-order valence-electron chi connectivity index (χ0n) is 15.7. The molecule has 1 aliphatic carbocycles. The summed E-state index contributed by atoms with van der Waals surface area (Å²) in [6, 6.07) is 9.89. The van der Waals surface area contributed by atoms with Crippen molar-refractivity contribution in [1.29, 1.82) is 0 Å². The number of furan rings is 1. The van der Waals surface area contributed by atoms with Crippen LogP contribution in [0.15, 0.2) is 40.8 Å². The Morgan fingerprint density at radius 3 is 2.86 bits per heavy atom. The molecule has 0 bridgehead atoms. The van der Waals surface area contributed by atoms with Crippen LogP contribution in [0.4, 0.5) is 10.7 Å². The Labute approximate surface area is 170 Å². The van der Waals surface area contributed by atoms with Crippen molar-refractivity contribution in [2.45, 2.75) is 32.4 Å². The van der Waals surface area contributed by atoms with Gasteiger partial charge < -0.3 is 15.1 Å². The maximum Gasteiger partial charge on any atom is 0.280 e. The van der Waals surface area contributed by atoms with Crippen molar-refractivity contribution < 1.29 is 14.1 Å². The van der Waals surface area contributed by atoms with E-state index >= 15 is 0 Å². The summed E-state index contributed by atoms with van der Waals surface area (Å²) in [7, 11) is 0. The Kier molecular flexibility index (Phi) is 4.16. The minimum atomic E-state index is -0.510. The molecule has 0 fully saturated rings. The van der Waals surface area contributed by atoms with Gasteiger partial charge in [0.2, 0.25) is 0 Å². The molecule has 2 atom stereocenters. The Balaban J connectivity index is 1.46. The van der Waals surface area contributed by atoms with Crippen molar-refractivity contribution in [3.8, 4) is 11.3 Å². The number of carbonyl (C=O) groups excluding carboxylic acids is 1. The summed E-state index contributed by atoms with van der Waals surface area (Å²) in [5.74, 6) is 1.44. The number of nitro groups is 1. The van der Waals surface area contributed by atoms with E-state index in [2.05, 4.69) is 17.6 Å². The number of carbonyl (C=O) groups is 1. The average Bonchev–Trinajstić information content (AvgIpc) is 3.32. The second-order valence-corrected chi connectivity index (χ2v) is 8.69. The zero-order chi connectivity index (χ0) is 20.1. The molecule has 1 amide bonds. The summed E-state index contributed by atoms with van der Waals surface area (Å²) < 4.78 is 5.91. The minimum absolute atomic E-state index is 0.0172. The van der Waals surface area contributed by atoms with E-state index in [0.29, 0.717) is 23.0 Å². The topological polar surface area (TPSA) is 97.4 Å². The van der Waals surface area contributed by atoms with Crippen molar-refractivity contribution in [1.82, 2.24) is 5.32 Å². The van der Waals surface area contributed by atoms with E-state index in [4.69, 9.17) is 4.42 Å². The van der Waals surface area contributed by atoms with Gasteiger partial charge in [-0.1, -0.05) is 19.1 Å². The van der Waals surface area contributed by atoms with Crippen LogP contribution >= 0.6 is 11.3 Å². The van der Waals surface area contributed by atoms with Gasteiger partial charge in [0.05, 0.1) is 16.1 Å². The van der Waals surface area contributed by atoms with E-state index < -0.39 is 11.1 Å². The fourth-order valence-electron chi connectivity index (χ4n) is 4.10. The molecule has 7 nitrogen and oxygen atoms in total. The number of hydrogen-bond acceptors (Lipinski definition) is 6. The van der Waals surface area contributed by atoms with Crippen LogP contribution in [0.3, 0.4) is 0 Å². The first kappa shape index (κ1) is 17.9. The molecule has 29 heavy (non-hydrogen) atoms.